The second-order valence-corrected chi connectivity index (χ2v) is 11.7. The third-order valence-corrected chi connectivity index (χ3v) is 9.15. The Labute approximate surface area is 246 Å². The summed E-state index contributed by atoms with van der Waals surface area (Å²) in [5, 5.41) is 4.93. The first kappa shape index (κ1) is 27.4. The predicted molar refractivity (Wildman–Crippen MR) is 162 cm³/mol. The van der Waals surface area contributed by atoms with Crippen LogP contribution >= 0.6 is 11.6 Å². The van der Waals surface area contributed by atoms with Crippen LogP contribution in [-0.4, -0.2) is 34.4 Å². The summed E-state index contributed by atoms with van der Waals surface area (Å²) >= 11 is 6.64. The summed E-state index contributed by atoms with van der Waals surface area (Å²) < 4.78 is 7.52. The van der Waals surface area contributed by atoms with Crippen molar-refractivity contribution in [2.75, 3.05) is 7.11 Å². The maximum absolute atomic E-state index is 14.8. The van der Waals surface area contributed by atoms with Crippen molar-refractivity contribution < 1.29 is 14.3 Å². The number of aromatic nitrogens is 1. The van der Waals surface area contributed by atoms with Crippen molar-refractivity contribution in [1.82, 2.24) is 14.8 Å². The molecule has 2 heterocycles. The molecule has 0 radical (unpaired) electrons. The lowest BCUT2D eigenvalue weighted by Crippen LogP contribution is -2.64. The summed E-state index contributed by atoms with van der Waals surface area (Å²) in [6.45, 7) is 0.480. The Hall–Kier alpha value is -3.77. The molecule has 0 bridgehead atoms. The fourth-order valence-electron chi connectivity index (χ4n) is 6.53. The number of ether oxygens (including phenoxy) is 1. The number of halogens is 1. The van der Waals surface area contributed by atoms with Gasteiger partial charge in [0.15, 0.2) is 5.54 Å². The van der Waals surface area contributed by atoms with Gasteiger partial charge in [-0.25, -0.2) is 0 Å². The minimum atomic E-state index is -1.29. The van der Waals surface area contributed by atoms with E-state index in [0.29, 0.717) is 16.5 Å². The zero-order valence-corrected chi connectivity index (χ0v) is 24.2. The molecule has 41 heavy (non-hydrogen) atoms. The summed E-state index contributed by atoms with van der Waals surface area (Å²) in [4.78, 5) is 31.2. The van der Waals surface area contributed by atoms with Gasteiger partial charge in [0, 0.05) is 29.1 Å². The summed E-state index contributed by atoms with van der Waals surface area (Å²) in [5.41, 5.74) is 1.70. The van der Waals surface area contributed by atoms with Crippen molar-refractivity contribution >= 4 is 34.3 Å². The first-order valence-electron chi connectivity index (χ1n) is 14.6. The molecule has 6 nitrogen and oxygen atoms in total. The smallest absolute Gasteiger partial charge is 0.272 e. The molecule has 1 aromatic heterocycles. The maximum atomic E-state index is 14.8. The van der Waals surface area contributed by atoms with Crippen LogP contribution in [0.2, 0.25) is 5.02 Å². The van der Waals surface area contributed by atoms with Crippen molar-refractivity contribution in [3.05, 3.63) is 101 Å². The molecule has 0 saturated heterocycles. The highest BCUT2D eigenvalue weighted by Gasteiger charge is 2.53. The lowest BCUT2D eigenvalue weighted by Gasteiger charge is -2.47. The molecule has 0 spiro atoms. The largest absolute Gasteiger partial charge is 0.497 e. The zero-order valence-electron chi connectivity index (χ0n) is 23.4. The standard InChI is InChI=1S/C34H36ClN3O3/c1-41-28-19-18-24-20-31-32(39)38(22-25-12-10-11-17-29(25)35)34(23-37(31)30(24)21-28,26-13-6-5-7-14-26)33(40)36-27-15-8-3-2-4-9-16-27/h5-7,10-14,17-21,27H,2-4,8-9,15-16,22-23H2,1H3,(H,36,40)/t34-/m1/s1. The highest BCUT2D eigenvalue weighted by molar-refractivity contribution is 6.31. The van der Waals surface area contributed by atoms with Crippen LogP contribution in [0.5, 0.6) is 5.75 Å². The fourth-order valence-corrected chi connectivity index (χ4v) is 6.73. The third kappa shape index (κ3) is 5.10. The van der Waals surface area contributed by atoms with Gasteiger partial charge in [0.25, 0.3) is 11.8 Å². The number of amides is 2. The van der Waals surface area contributed by atoms with Crippen molar-refractivity contribution in [2.45, 2.75) is 69.6 Å². The Morgan fingerprint density at radius 1 is 0.951 bits per heavy atom. The van der Waals surface area contributed by atoms with E-state index in [-0.39, 0.29) is 30.9 Å². The quantitative estimate of drug-likeness (QED) is 0.270. The van der Waals surface area contributed by atoms with Gasteiger partial charge in [0.1, 0.15) is 11.4 Å². The van der Waals surface area contributed by atoms with Crippen molar-refractivity contribution in [2.24, 2.45) is 0 Å². The first-order valence-corrected chi connectivity index (χ1v) is 15.0. The number of rotatable bonds is 6. The summed E-state index contributed by atoms with van der Waals surface area (Å²) in [7, 11) is 1.63. The van der Waals surface area contributed by atoms with Gasteiger partial charge in [0.05, 0.1) is 19.2 Å². The number of hydrogen-bond donors (Lipinski definition) is 1. The molecule has 1 saturated carbocycles. The van der Waals surface area contributed by atoms with E-state index in [9.17, 15) is 9.59 Å². The summed E-state index contributed by atoms with van der Waals surface area (Å²) in [6.07, 6.45) is 7.72. The third-order valence-electron chi connectivity index (χ3n) is 8.78. The average Bonchev–Trinajstić information content (AvgIpc) is 3.35. The number of carbonyl (C=O) groups excluding carboxylic acids is 2. The lowest BCUT2D eigenvalue weighted by atomic mass is 9.83. The molecule has 1 fully saturated rings. The molecule has 1 aliphatic carbocycles. The monoisotopic (exact) mass is 569 g/mol. The van der Waals surface area contributed by atoms with Crippen LogP contribution in [-0.2, 0) is 23.4 Å². The SMILES string of the molecule is COc1ccc2cc3n(c2c1)C[C@](C(=O)NC1CCCCCCC1)(c1ccccc1)N(Cc1ccccc1Cl)C3=O. The van der Waals surface area contributed by atoms with E-state index in [4.69, 9.17) is 16.3 Å². The minimum absolute atomic E-state index is 0.0727. The first-order chi connectivity index (χ1) is 20.0. The second-order valence-electron chi connectivity index (χ2n) is 11.3. The predicted octanol–water partition coefficient (Wildman–Crippen LogP) is 7.08. The van der Waals surface area contributed by atoms with Gasteiger partial charge in [0.2, 0.25) is 0 Å². The molecular formula is C34H36ClN3O3. The highest BCUT2D eigenvalue weighted by Crippen LogP contribution is 2.41. The normalized spacial score (nSPS) is 19.9. The summed E-state index contributed by atoms with van der Waals surface area (Å²) in [5.74, 6) is 0.349. The number of fused-ring (bicyclic) bond motifs is 3. The Morgan fingerprint density at radius 3 is 2.39 bits per heavy atom. The molecule has 212 valence electrons. The van der Waals surface area contributed by atoms with Crippen molar-refractivity contribution in [1.29, 1.82) is 0 Å². The molecule has 0 unspecified atom stereocenters. The number of hydrogen-bond acceptors (Lipinski definition) is 3. The van der Waals surface area contributed by atoms with Gasteiger partial charge in [-0.05, 0) is 48.2 Å². The van der Waals surface area contributed by atoms with E-state index in [1.165, 1.54) is 19.3 Å². The Morgan fingerprint density at radius 2 is 1.66 bits per heavy atom. The number of carbonyl (C=O) groups is 2. The van der Waals surface area contributed by atoms with E-state index < -0.39 is 5.54 Å². The minimum Gasteiger partial charge on any atom is -0.497 e. The Kier molecular flexibility index (Phi) is 7.76. The lowest BCUT2D eigenvalue weighted by molar-refractivity contribution is -0.136. The highest BCUT2D eigenvalue weighted by atomic mass is 35.5. The van der Waals surface area contributed by atoms with Crippen LogP contribution in [0.25, 0.3) is 10.9 Å². The molecule has 2 aliphatic rings. The molecule has 6 rings (SSSR count). The van der Waals surface area contributed by atoms with E-state index in [1.807, 2.05) is 83.4 Å². The molecule has 1 atom stereocenters. The molecule has 3 aromatic carbocycles. The van der Waals surface area contributed by atoms with Crippen LogP contribution in [0.1, 0.15) is 66.6 Å². The van der Waals surface area contributed by atoms with Crippen molar-refractivity contribution in [3.63, 3.8) is 0 Å². The Balaban J connectivity index is 1.53. The van der Waals surface area contributed by atoms with Gasteiger partial charge in [-0.3, -0.25) is 9.59 Å². The van der Waals surface area contributed by atoms with E-state index in [2.05, 4.69) is 5.32 Å². The number of nitrogens with one attached hydrogen (secondary N) is 1. The Bertz CT molecular complexity index is 1560. The second kappa shape index (κ2) is 11.6. The van der Waals surface area contributed by atoms with E-state index >= 15 is 0 Å². The van der Waals surface area contributed by atoms with Gasteiger partial charge in [-0.2, -0.15) is 0 Å². The van der Waals surface area contributed by atoms with Crippen LogP contribution < -0.4 is 10.1 Å². The van der Waals surface area contributed by atoms with Crippen molar-refractivity contribution in [3.8, 4) is 5.75 Å². The molecule has 2 amide bonds. The van der Waals surface area contributed by atoms with Gasteiger partial charge >= 0.3 is 0 Å². The fraction of sp³-hybridized carbons (Fsp3) is 0.353. The van der Waals surface area contributed by atoms with E-state index in [1.54, 1.807) is 12.0 Å². The number of methoxy groups -OCH3 is 1. The van der Waals surface area contributed by atoms with Gasteiger partial charge in [-0.15, -0.1) is 0 Å². The number of benzene rings is 3. The maximum Gasteiger partial charge on any atom is 0.272 e. The molecule has 1 N–H and O–H groups in total. The van der Waals surface area contributed by atoms with Crippen LogP contribution in [0.4, 0.5) is 0 Å². The average molecular weight is 570 g/mol. The van der Waals surface area contributed by atoms with Gasteiger partial charge in [-0.1, -0.05) is 92.2 Å². The van der Waals surface area contributed by atoms with Crippen LogP contribution in [0.15, 0.2) is 78.9 Å². The van der Waals surface area contributed by atoms with Gasteiger partial charge < -0.3 is 19.5 Å². The molecular weight excluding hydrogens is 534 g/mol. The van der Waals surface area contributed by atoms with Crippen LogP contribution in [0, 0.1) is 0 Å². The summed E-state index contributed by atoms with van der Waals surface area (Å²) in [6, 6.07) is 25.1. The zero-order chi connectivity index (χ0) is 28.4. The topological polar surface area (TPSA) is 63.6 Å². The molecule has 1 aliphatic heterocycles. The van der Waals surface area contributed by atoms with E-state index in [0.717, 1.165) is 47.7 Å². The van der Waals surface area contributed by atoms with Crippen LogP contribution in [0.3, 0.4) is 0 Å². The molecule has 4 aromatic rings. The molecule has 7 heteroatoms. The number of nitrogens with zero attached hydrogens (tertiary/aromatic N) is 2.